The van der Waals surface area contributed by atoms with E-state index in [4.69, 9.17) is 4.74 Å². The Balaban J connectivity index is 2.28. The largest absolute Gasteiger partial charge is 0.439 e. The minimum absolute atomic E-state index is 0.284. The van der Waals surface area contributed by atoms with Crippen LogP contribution in [0.5, 0.6) is 11.6 Å². The van der Waals surface area contributed by atoms with Crippen molar-refractivity contribution in [1.82, 2.24) is 9.97 Å². The van der Waals surface area contributed by atoms with Crippen molar-refractivity contribution < 1.29 is 17.9 Å². The van der Waals surface area contributed by atoms with Crippen LogP contribution in [0.4, 0.5) is 19.0 Å². The lowest BCUT2D eigenvalue weighted by molar-refractivity contribution is -0.137. The van der Waals surface area contributed by atoms with Crippen LogP contribution in [0.3, 0.4) is 0 Å². The molecule has 0 aliphatic rings. The third kappa shape index (κ3) is 3.42. The van der Waals surface area contributed by atoms with E-state index in [1.165, 1.54) is 12.1 Å². The molecule has 0 bridgehead atoms. The minimum atomic E-state index is -4.36. The average molecular weight is 297 g/mol. The molecule has 21 heavy (non-hydrogen) atoms. The van der Waals surface area contributed by atoms with Gasteiger partial charge in [-0.05, 0) is 38.1 Å². The third-order valence-corrected chi connectivity index (χ3v) is 2.85. The fourth-order valence-corrected chi connectivity index (χ4v) is 1.77. The smallest absolute Gasteiger partial charge is 0.416 e. The van der Waals surface area contributed by atoms with Gasteiger partial charge in [0.15, 0.2) is 0 Å². The van der Waals surface area contributed by atoms with Gasteiger partial charge < -0.3 is 10.1 Å². The molecule has 112 valence electrons. The fraction of sp³-hybridized carbons (Fsp3) is 0.286. The van der Waals surface area contributed by atoms with Crippen molar-refractivity contribution in [1.29, 1.82) is 0 Å². The Morgan fingerprint density at radius 1 is 1.05 bits per heavy atom. The highest BCUT2D eigenvalue weighted by atomic mass is 19.4. The first kappa shape index (κ1) is 15.1. The van der Waals surface area contributed by atoms with Crippen LogP contribution >= 0.6 is 0 Å². The van der Waals surface area contributed by atoms with Gasteiger partial charge in [0.25, 0.3) is 0 Å². The maximum atomic E-state index is 12.5. The van der Waals surface area contributed by atoms with Crippen LogP contribution in [-0.4, -0.2) is 17.0 Å². The van der Waals surface area contributed by atoms with E-state index >= 15 is 0 Å². The van der Waals surface area contributed by atoms with E-state index in [1.54, 1.807) is 20.9 Å². The lowest BCUT2D eigenvalue weighted by Crippen LogP contribution is -2.05. The summed E-state index contributed by atoms with van der Waals surface area (Å²) in [6, 6.07) is 4.47. The van der Waals surface area contributed by atoms with E-state index in [-0.39, 0.29) is 5.75 Å². The number of nitrogens with one attached hydrogen (secondary N) is 1. The summed E-state index contributed by atoms with van der Waals surface area (Å²) in [6.45, 7) is 3.48. The zero-order valence-corrected chi connectivity index (χ0v) is 11.7. The second-order valence-electron chi connectivity index (χ2n) is 4.42. The zero-order valence-electron chi connectivity index (χ0n) is 11.7. The van der Waals surface area contributed by atoms with E-state index in [1.807, 2.05) is 0 Å². The number of hydrogen-bond donors (Lipinski definition) is 1. The number of halogens is 3. The number of anilines is 1. The van der Waals surface area contributed by atoms with E-state index < -0.39 is 11.7 Å². The molecule has 0 aliphatic heterocycles. The van der Waals surface area contributed by atoms with Crippen molar-refractivity contribution in [3.8, 4) is 11.6 Å². The Morgan fingerprint density at radius 2 is 1.67 bits per heavy atom. The predicted molar refractivity (Wildman–Crippen MR) is 72.6 cm³/mol. The molecule has 1 aromatic heterocycles. The monoisotopic (exact) mass is 297 g/mol. The Bertz CT molecular complexity index is 639. The molecule has 0 fully saturated rings. The van der Waals surface area contributed by atoms with Crippen LogP contribution in [0.15, 0.2) is 24.3 Å². The molecule has 2 rings (SSSR count). The number of rotatable bonds is 3. The van der Waals surface area contributed by atoms with Gasteiger partial charge in [-0.3, -0.25) is 0 Å². The van der Waals surface area contributed by atoms with Gasteiger partial charge in [0.1, 0.15) is 17.4 Å². The highest BCUT2D eigenvalue weighted by molar-refractivity contribution is 5.49. The van der Waals surface area contributed by atoms with Crippen molar-refractivity contribution in [2.24, 2.45) is 0 Å². The highest BCUT2D eigenvalue weighted by Crippen LogP contribution is 2.32. The molecule has 0 spiro atoms. The van der Waals surface area contributed by atoms with Crippen LogP contribution < -0.4 is 10.1 Å². The molecule has 2 aromatic rings. The summed E-state index contributed by atoms with van der Waals surface area (Å²) in [5, 5.41) is 2.91. The van der Waals surface area contributed by atoms with E-state index in [0.717, 1.165) is 12.1 Å². The summed E-state index contributed by atoms with van der Waals surface area (Å²) in [5.74, 6) is 1.72. The molecule has 0 aliphatic carbocycles. The summed E-state index contributed by atoms with van der Waals surface area (Å²) in [4.78, 5) is 8.34. The second-order valence-corrected chi connectivity index (χ2v) is 4.42. The summed E-state index contributed by atoms with van der Waals surface area (Å²) in [6.07, 6.45) is -4.36. The normalized spacial score (nSPS) is 11.3. The fourth-order valence-electron chi connectivity index (χ4n) is 1.77. The molecule has 4 nitrogen and oxygen atoms in total. The molecule has 1 aromatic carbocycles. The molecule has 1 heterocycles. The second kappa shape index (κ2) is 5.59. The number of alkyl halides is 3. The SMILES string of the molecule is CNc1nc(C)nc(Oc2ccc(C(F)(F)F)cc2)c1C. The van der Waals surface area contributed by atoms with Crippen molar-refractivity contribution in [3.05, 3.63) is 41.2 Å². The molecular weight excluding hydrogens is 283 g/mol. The molecule has 0 radical (unpaired) electrons. The van der Waals surface area contributed by atoms with Crippen LogP contribution in [0.2, 0.25) is 0 Å². The zero-order chi connectivity index (χ0) is 15.6. The van der Waals surface area contributed by atoms with Crippen molar-refractivity contribution in [2.45, 2.75) is 20.0 Å². The first-order valence-corrected chi connectivity index (χ1v) is 6.19. The molecule has 7 heteroatoms. The van der Waals surface area contributed by atoms with Crippen molar-refractivity contribution in [2.75, 3.05) is 12.4 Å². The summed E-state index contributed by atoms with van der Waals surface area (Å²) in [7, 11) is 1.72. The Hall–Kier alpha value is -2.31. The van der Waals surface area contributed by atoms with E-state index in [0.29, 0.717) is 23.1 Å². The quantitative estimate of drug-likeness (QED) is 0.932. The summed E-state index contributed by atoms with van der Waals surface area (Å²) in [5.41, 5.74) is -0.0376. The molecule has 0 saturated carbocycles. The van der Waals surface area contributed by atoms with Crippen molar-refractivity contribution >= 4 is 5.82 Å². The maximum absolute atomic E-state index is 12.5. The lowest BCUT2D eigenvalue weighted by atomic mass is 10.2. The van der Waals surface area contributed by atoms with Gasteiger partial charge in [-0.15, -0.1) is 0 Å². The first-order valence-electron chi connectivity index (χ1n) is 6.19. The molecule has 0 unspecified atom stereocenters. The Morgan fingerprint density at radius 3 is 2.19 bits per heavy atom. The van der Waals surface area contributed by atoms with Crippen LogP contribution in [-0.2, 0) is 6.18 Å². The molecule has 0 amide bonds. The van der Waals surface area contributed by atoms with Crippen molar-refractivity contribution in [3.63, 3.8) is 0 Å². The van der Waals surface area contributed by atoms with Gasteiger partial charge >= 0.3 is 6.18 Å². The third-order valence-electron chi connectivity index (χ3n) is 2.85. The number of nitrogens with zero attached hydrogens (tertiary/aromatic N) is 2. The predicted octanol–water partition coefficient (Wildman–Crippen LogP) is 3.95. The Kier molecular flexibility index (Phi) is 4.02. The average Bonchev–Trinajstić information content (AvgIpc) is 2.42. The number of ether oxygens (including phenoxy) is 1. The number of benzene rings is 1. The lowest BCUT2D eigenvalue weighted by Gasteiger charge is -2.12. The van der Waals surface area contributed by atoms with Crippen LogP contribution in [0.25, 0.3) is 0 Å². The number of hydrogen-bond acceptors (Lipinski definition) is 4. The first-order chi connectivity index (χ1) is 9.81. The summed E-state index contributed by atoms with van der Waals surface area (Å²) >= 11 is 0. The molecule has 1 N–H and O–H groups in total. The minimum Gasteiger partial charge on any atom is -0.439 e. The molecule has 0 atom stereocenters. The molecular formula is C14H14F3N3O. The molecule has 0 saturated heterocycles. The topological polar surface area (TPSA) is 47.0 Å². The van der Waals surface area contributed by atoms with Gasteiger partial charge in [-0.1, -0.05) is 0 Å². The standard InChI is InChI=1S/C14H14F3N3O/c1-8-12(18-3)19-9(2)20-13(8)21-11-6-4-10(5-7-11)14(15,16)17/h4-7H,1-3H3,(H,18,19,20). The maximum Gasteiger partial charge on any atom is 0.416 e. The highest BCUT2D eigenvalue weighted by Gasteiger charge is 2.30. The van der Waals surface area contributed by atoms with Gasteiger partial charge in [-0.25, -0.2) is 4.98 Å². The Labute approximate surface area is 120 Å². The van der Waals surface area contributed by atoms with Gasteiger partial charge in [0, 0.05) is 7.05 Å². The van der Waals surface area contributed by atoms with E-state index in [9.17, 15) is 13.2 Å². The van der Waals surface area contributed by atoms with Crippen LogP contribution in [0, 0.1) is 13.8 Å². The van der Waals surface area contributed by atoms with Gasteiger partial charge in [0.2, 0.25) is 5.88 Å². The van der Waals surface area contributed by atoms with Crippen LogP contribution in [0.1, 0.15) is 17.0 Å². The van der Waals surface area contributed by atoms with Gasteiger partial charge in [-0.2, -0.15) is 18.2 Å². The number of aromatic nitrogens is 2. The number of aryl methyl sites for hydroxylation is 1. The van der Waals surface area contributed by atoms with Gasteiger partial charge in [0.05, 0.1) is 11.1 Å². The summed E-state index contributed by atoms with van der Waals surface area (Å²) < 4.78 is 43.0. The van der Waals surface area contributed by atoms with E-state index in [2.05, 4.69) is 15.3 Å².